The standard InChI is InChI=1S/C18H17NO3/c1-2-22-18(21)19-15-11-7-3-4-8-12(11)16(19)17(20)14-10-6-5-9-13(14)15/h3-10,15-17,20H,2H2,1H3/t15-,16+,17-/m0/s1. The van der Waals surface area contributed by atoms with Gasteiger partial charge in [-0.2, -0.15) is 0 Å². The molecule has 3 atom stereocenters. The van der Waals surface area contributed by atoms with Crippen molar-refractivity contribution in [3.05, 3.63) is 70.8 Å². The smallest absolute Gasteiger partial charge is 0.411 e. The molecule has 4 heteroatoms. The highest BCUT2D eigenvalue weighted by Crippen LogP contribution is 2.55. The molecule has 0 saturated carbocycles. The number of amides is 1. The Morgan fingerprint density at radius 2 is 1.59 bits per heavy atom. The summed E-state index contributed by atoms with van der Waals surface area (Å²) in [5, 5.41) is 10.8. The third kappa shape index (κ3) is 1.64. The van der Waals surface area contributed by atoms with Gasteiger partial charge in [0.05, 0.1) is 18.7 Å². The highest BCUT2D eigenvalue weighted by atomic mass is 16.6. The number of aliphatic hydroxyl groups is 1. The van der Waals surface area contributed by atoms with Crippen LogP contribution in [0.15, 0.2) is 48.5 Å². The van der Waals surface area contributed by atoms with E-state index in [2.05, 4.69) is 0 Å². The van der Waals surface area contributed by atoms with E-state index < -0.39 is 6.10 Å². The van der Waals surface area contributed by atoms with E-state index >= 15 is 0 Å². The fraction of sp³-hybridized carbons (Fsp3) is 0.278. The van der Waals surface area contributed by atoms with Crippen LogP contribution in [0.5, 0.6) is 0 Å². The second-order valence-electron chi connectivity index (χ2n) is 5.66. The van der Waals surface area contributed by atoms with E-state index in [0.717, 1.165) is 22.3 Å². The van der Waals surface area contributed by atoms with Crippen molar-refractivity contribution in [1.82, 2.24) is 4.90 Å². The summed E-state index contributed by atoms with van der Waals surface area (Å²) in [6.07, 6.45) is -1.11. The summed E-state index contributed by atoms with van der Waals surface area (Å²) in [4.78, 5) is 14.2. The first-order valence-corrected chi connectivity index (χ1v) is 7.54. The minimum atomic E-state index is -0.736. The molecule has 4 rings (SSSR count). The lowest BCUT2D eigenvalue weighted by Gasteiger charge is -2.38. The van der Waals surface area contributed by atoms with Crippen LogP contribution in [0, 0.1) is 0 Å². The van der Waals surface area contributed by atoms with Gasteiger partial charge in [-0.1, -0.05) is 48.5 Å². The van der Waals surface area contributed by atoms with Crippen LogP contribution >= 0.6 is 0 Å². The van der Waals surface area contributed by atoms with Crippen molar-refractivity contribution in [2.75, 3.05) is 6.61 Å². The summed E-state index contributed by atoms with van der Waals surface area (Å²) in [7, 11) is 0. The number of hydrogen-bond donors (Lipinski definition) is 1. The van der Waals surface area contributed by atoms with Gasteiger partial charge in [-0.25, -0.2) is 4.79 Å². The maximum absolute atomic E-state index is 12.5. The lowest BCUT2D eigenvalue weighted by Crippen LogP contribution is -2.40. The van der Waals surface area contributed by atoms with Crippen LogP contribution in [0.3, 0.4) is 0 Å². The van der Waals surface area contributed by atoms with Gasteiger partial charge in [0.1, 0.15) is 6.10 Å². The Balaban J connectivity index is 1.94. The molecule has 0 aromatic heterocycles. The lowest BCUT2D eigenvalue weighted by atomic mass is 9.90. The van der Waals surface area contributed by atoms with Crippen LogP contribution in [0.25, 0.3) is 0 Å². The number of aliphatic hydroxyl groups excluding tert-OH is 1. The molecule has 2 aliphatic rings. The number of nitrogens with zero attached hydrogens (tertiary/aromatic N) is 1. The van der Waals surface area contributed by atoms with Gasteiger partial charge in [-0.3, -0.25) is 4.90 Å². The molecule has 0 saturated heterocycles. The highest BCUT2D eigenvalue weighted by Gasteiger charge is 2.51. The van der Waals surface area contributed by atoms with E-state index in [1.54, 1.807) is 11.8 Å². The Morgan fingerprint density at radius 1 is 1.05 bits per heavy atom. The van der Waals surface area contributed by atoms with Crippen molar-refractivity contribution in [2.45, 2.75) is 25.1 Å². The van der Waals surface area contributed by atoms with Crippen molar-refractivity contribution in [1.29, 1.82) is 0 Å². The zero-order valence-corrected chi connectivity index (χ0v) is 12.3. The Kier molecular flexibility index (Phi) is 2.94. The summed E-state index contributed by atoms with van der Waals surface area (Å²) in [5.74, 6) is 0. The summed E-state index contributed by atoms with van der Waals surface area (Å²) in [6.45, 7) is 2.12. The molecule has 4 nitrogen and oxygen atoms in total. The number of carbonyl (C=O) groups excluding carboxylic acids is 1. The second kappa shape index (κ2) is 4.85. The maximum atomic E-state index is 12.5. The minimum Gasteiger partial charge on any atom is -0.450 e. The van der Waals surface area contributed by atoms with Crippen molar-refractivity contribution in [2.24, 2.45) is 0 Å². The van der Waals surface area contributed by atoms with Crippen LogP contribution in [0.4, 0.5) is 4.79 Å². The fourth-order valence-corrected chi connectivity index (χ4v) is 3.75. The molecule has 0 radical (unpaired) electrons. The van der Waals surface area contributed by atoms with Gasteiger partial charge in [-0.05, 0) is 29.2 Å². The molecule has 0 unspecified atom stereocenters. The third-order valence-electron chi connectivity index (χ3n) is 4.57. The van der Waals surface area contributed by atoms with E-state index in [-0.39, 0.29) is 18.2 Å². The van der Waals surface area contributed by atoms with Gasteiger partial charge in [0.25, 0.3) is 0 Å². The average Bonchev–Trinajstić information content (AvgIpc) is 2.84. The Morgan fingerprint density at radius 3 is 2.23 bits per heavy atom. The van der Waals surface area contributed by atoms with Gasteiger partial charge in [0.2, 0.25) is 0 Å². The number of rotatable bonds is 1. The Bertz CT molecular complexity index is 743. The molecule has 112 valence electrons. The Labute approximate surface area is 128 Å². The first kappa shape index (κ1) is 13.3. The lowest BCUT2D eigenvalue weighted by molar-refractivity contribution is 0.0198. The van der Waals surface area contributed by atoms with Crippen LogP contribution in [-0.2, 0) is 4.74 Å². The second-order valence-corrected chi connectivity index (χ2v) is 5.66. The topological polar surface area (TPSA) is 49.8 Å². The van der Waals surface area contributed by atoms with E-state index in [1.807, 2.05) is 48.5 Å². The van der Waals surface area contributed by atoms with E-state index in [0.29, 0.717) is 6.61 Å². The summed E-state index contributed by atoms with van der Waals surface area (Å²) in [5.41, 5.74) is 3.95. The van der Waals surface area contributed by atoms with Crippen LogP contribution in [0.2, 0.25) is 0 Å². The zero-order chi connectivity index (χ0) is 15.3. The molecule has 22 heavy (non-hydrogen) atoms. The molecule has 0 fully saturated rings. The summed E-state index contributed by atoms with van der Waals surface area (Å²) in [6, 6.07) is 15.2. The van der Waals surface area contributed by atoms with Crippen molar-refractivity contribution in [3.63, 3.8) is 0 Å². The summed E-state index contributed by atoms with van der Waals surface area (Å²) >= 11 is 0. The van der Waals surface area contributed by atoms with Crippen LogP contribution in [0.1, 0.15) is 47.4 Å². The van der Waals surface area contributed by atoms with Crippen LogP contribution < -0.4 is 0 Å². The van der Waals surface area contributed by atoms with Crippen molar-refractivity contribution < 1.29 is 14.6 Å². The SMILES string of the molecule is CCOC(=O)N1[C@H]2c3ccccc3[C@@H]1[C@@H](O)c1ccccc12. The highest BCUT2D eigenvalue weighted by molar-refractivity contribution is 5.73. The minimum absolute atomic E-state index is 0.181. The van der Waals surface area contributed by atoms with Gasteiger partial charge in [0.15, 0.2) is 0 Å². The van der Waals surface area contributed by atoms with E-state index in [9.17, 15) is 9.90 Å². The first-order chi connectivity index (χ1) is 10.7. The molecule has 1 N–H and O–H groups in total. The molecular formula is C18H17NO3. The van der Waals surface area contributed by atoms with E-state index in [4.69, 9.17) is 4.74 Å². The summed E-state index contributed by atoms with van der Waals surface area (Å²) < 4.78 is 5.23. The molecule has 0 aliphatic carbocycles. The molecule has 2 bridgehead atoms. The van der Waals surface area contributed by atoms with Gasteiger partial charge < -0.3 is 9.84 Å². The molecule has 1 amide bonds. The predicted molar refractivity (Wildman–Crippen MR) is 81.3 cm³/mol. The monoisotopic (exact) mass is 295 g/mol. The van der Waals surface area contributed by atoms with Gasteiger partial charge in [0, 0.05) is 0 Å². The molecule has 0 spiro atoms. The fourth-order valence-electron chi connectivity index (χ4n) is 3.75. The molecular weight excluding hydrogens is 278 g/mol. The number of benzene rings is 2. The van der Waals surface area contributed by atoms with Gasteiger partial charge in [-0.15, -0.1) is 0 Å². The average molecular weight is 295 g/mol. The quantitative estimate of drug-likeness (QED) is 0.878. The van der Waals surface area contributed by atoms with Crippen molar-refractivity contribution in [3.8, 4) is 0 Å². The molecule has 2 heterocycles. The molecule has 2 aromatic carbocycles. The first-order valence-electron chi connectivity index (χ1n) is 7.54. The van der Waals surface area contributed by atoms with Crippen molar-refractivity contribution >= 4 is 6.09 Å². The maximum Gasteiger partial charge on any atom is 0.411 e. The third-order valence-corrected chi connectivity index (χ3v) is 4.57. The molecule has 2 aromatic rings. The number of fused-ring (bicyclic) bond motifs is 7. The Hall–Kier alpha value is -2.33. The van der Waals surface area contributed by atoms with Crippen LogP contribution in [-0.4, -0.2) is 22.7 Å². The van der Waals surface area contributed by atoms with Gasteiger partial charge >= 0.3 is 6.09 Å². The molecule has 2 aliphatic heterocycles. The normalized spacial score (nSPS) is 24.6. The number of hydrogen-bond acceptors (Lipinski definition) is 3. The number of carbonyl (C=O) groups is 1. The largest absolute Gasteiger partial charge is 0.450 e. The number of ether oxygens (including phenoxy) is 1. The van der Waals surface area contributed by atoms with E-state index in [1.165, 1.54) is 0 Å². The predicted octanol–water partition coefficient (Wildman–Crippen LogP) is 3.34. The zero-order valence-electron chi connectivity index (χ0n) is 12.3.